The molecule has 3 amide bonds. The number of hydrogen-bond donors (Lipinski definition) is 1. The normalized spacial score (nSPS) is 23.4. The van der Waals surface area contributed by atoms with E-state index in [0.29, 0.717) is 6.54 Å². The van der Waals surface area contributed by atoms with Crippen LogP contribution in [0.2, 0.25) is 0 Å². The molecule has 0 radical (unpaired) electrons. The van der Waals surface area contributed by atoms with Gasteiger partial charge >= 0.3 is 6.03 Å². The second kappa shape index (κ2) is 7.89. The van der Waals surface area contributed by atoms with Crippen LogP contribution in [0.15, 0.2) is 24.3 Å². The number of hydrogen-bond acceptors (Lipinski definition) is 3. The van der Waals surface area contributed by atoms with Gasteiger partial charge in [-0.3, -0.25) is 9.69 Å². The van der Waals surface area contributed by atoms with E-state index in [-0.39, 0.29) is 18.0 Å². The predicted molar refractivity (Wildman–Crippen MR) is 105 cm³/mol. The fourth-order valence-electron chi connectivity index (χ4n) is 4.76. The van der Waals surface area contributed by atoms with Crippen molar-refractivity contribution in [1.29, 1.82) is 0 Å². The summed E-state index contributed by atoms with van der Waals surface area (Å²) < 4.78 is 0. The van der Waals surface area contributed by atoms with E-state index in [1.54, 1.807) is 9.80 Å². The summed E-state index contributed by atoms with van der Waals surface area (Å²) in [6.45, 7) is 9.16. The molecule has 3 heterocycles. The largest absolute Gasteiger partial charge is 0.360 e. The van der Waals surface area contributed by atoms with Gasteiger partial charge in [0, 0.05) is 18.8 Å². The molecule has 0 spiro atoms. The second-order valence-electron chi connectivity index (χ2n) is 8.10. The van der Waals surface area contributed by atoms with Crippen molar-refractivity contribution in [2.75, 3.05) is 50.7 Å². The molecule has 0 saturated carbocycles. The average molecular weight is 372 g/mol. The molecule has 3 fully saturated rings. The standard InChI is InChI=1S/C21H30N4O2/c1-17-7-2-3-8-18(17)23-15-13-22(14-16-23)10-4-5-11-25-20(26)19-9-6-12-24(19)21(25)27/h2-3,7-8,19H,4-6,9-16H2,1H3/p+1/t19-/m0/s1. The number of nitrogens with zero attached hydrogens (tertiary/aromatic N) is 3. The number of carbonyl (C=O) groups is 2. The van der Waals surface area contributed by atoms with Crippen molar-refractivity contribution in [1.82, 2.24) is 9.80 Å². The van der Waals surface area contributed by atoms with Gasteiger partial charge < -0.3 is 14.7 Å². The minimum Gasteiger partial charge on any atom is -0.360 e. The first-order valence-electron chi connectivity index (χ1n) is 10.4. The third-order valence-electron chi connectivity index (χ3n) is 6.37. The molecular formula is C21H31N4O2+. The van der Waals surface area contributed by atoms with E-state index < -0.39 is 0 Å². The molecule has 27 heavy (non-hydrogen) atoms. The molecule has 1 aromatic carbocycles. The van der Waals surface area contributed by atoms with Crippen molar-refractivity contribution in [3.05, 3.63) is 29.8 Å². The number of anilines is 1. The lowest BCUT2D eigenvalue weighted by Crippen LogP contribution is -3.14. The Morgan fingerprint density at radius 3 is 2.59 bits per heavy atom. The number of unbranched alkanes of at least 4 members (excludes halogenated alkanes) is 1. The van der Waals surface area contributed by atoms with Crippen LogP contribution in [0.4, 0.5) is 10.5 Å². The van der Waals surface area contributed by atoms with Crippen LogP contribution in [0, 0.1) is 6.92 Å². The number of piperazine rings is 1. The molecule has 0 unspecified atom stereocenters. The van der Waals surface area contributed by atoms with Crippen molar-refractivity contribution < 1.29 is 14.5 Å². The fraction of sp³-hybridized carbons (Fsp3) is 0.619. The Morgan fingerprint density at radius 2 is 1.85 bits per heavy atom. The Bertz CT molecular complexity index is 677. The van der Waals surface area contributed by atoms with E-state index in [4.69, 9.17) is 0 Å². The fourth-order valence-corrected chi connectivity index (χ4v) is 4.76. The van der Waals surface area contributed by atoms with E-state index in [2.05, 4.69) is 36.1 Å². The zero-order valence-electron chi connectivity index (χ0n) is 16.3. The quantitative estimate of drug-likeness (QED) is 0.597. The van der Waals surface area contributed by atoms with E-state index >= 15 is 0 Å². The first kappa shape index (κ1) is 18.3. The topological polar surface area (TPSA) is 48.3 Å². The maximum absolute atomic E-state index is 12.3. The van der Waals surface area contributed by atoms with E-state index in [1.165, 1.54) is 16.2 Å². The number of benzene rings is 1. The highest BCUT2D eigenvalue weighted by molar-refractivity contribution is 6.04. The SMILES string of the molecule is Cc1ccccc1N1CC[NH+](CCCCN2C(=O)[C@@H]3CCCN3C2=O)CC1. The second-order valence-corrected chi connectivity index (χ2v) is 8.10. The summed E-state index contributed by atoms with van der Waals surface area (Å²) in [5, 5.41) is 0. The predicted octanol–water partition coefficient (Wildman–Crippen LogP) is 0.907. The smallest absolute Gasteiger partial charge is 0.327 e. The molecule has 1 N–H and O–H groups in total. The monoisotopic (exact) mass is 371 g/mol. The Hall–Kier alpha value is -2.08. The molecule has 3 aliphatic rings. The number of imide groups is 1. The van der Waals surface area contributed by atoms with Gasteiger partial charge in [0.1, 0.15) is 6.04 Å². The van der Waals surface area contributed by atoms with Crippen LogP contribution < -0.4 is 9.80 Å². The summed E-state index contributed by atoms with van der Waals surface area (Å²) >= 11 is 0. The van der Waals surface area contributed by atoms with Crippen LogP contribution in [-0.2, 0) is 4.79 Å². The molecule has 1 aromatic rings. The molecule has 0 bridgehead atoms. The first-order valence-corrected chi connectivity index (χ1v) is 10.4. The summed E-state index contributed by atoms with van der Waals surface area (Å²) in [5.74, 6) is 0.0386. The van der Waals surface area contributed by atoms with E-state index in [9.17, 15) is 9.59 Å². The summed E-state index contributed by atoms with van der Waals surface area (Å²) in [6, 6.07) is 8.41. The average Bonchev–Trinajstić information content (AvgIpc) is 3.25. The van der Waals surface area contributed by atoms with Crippen molar-refractivity contribution in [3.63, 3.8) is 0 Å². The molecule has 4 rings (SSSR count). The van der Waals surface area contributed by atoms with Gasteiger partial charge in [-0.1, -0.05) is 18.2 Å². The number of urea groups is 1. The lowest BCUT2D eigenvalue weighted by Gasteiger charge is -2.34. The minimum atomic E-state index is -0.155. The maximum Gasteiger partial charge on any atom is 0.327 e. The van der Waals surface area contributed by atoms with Gasteiger partial charge in [-0.25, -0.2) is 4.79 Å². The van der Waals surface area contributed by atoms with Gasteiger partial charge in [0.05, 0.1) is 32.7 Å². The molecule has 1 atom stereocenters. The van der Waals surface area contributed by atoms with Gasteiger partial charge in [-0.15, -0.1) is 0 Å². The third-order valence-corrected chi connectivity index (χ3v) is 6.37. The van der Waals surface area contributed by atoms with Crippen LogP contribution in [0.1, 0.15) is 31.2 Å². The van der Waals surface area contributed by atoms with Gasteiger partial charge in [-0.2, -0.15) is 0 Å². The van der Waals surface area contributed by atoms with Crippen molar-refractivity contribution >= 4 is 17.6 Å². The van der Waals surface area contributed by atoms with Crippen molar-refractivity contribution in [2.45, 2.75) is 38.6 Å². The highest BCUT2D eigenvalue weighted by atomic mass is 16.2. The van der Waals surface area contributed by atoms with Crippen molar-refractivity contribution in [3.8, 4) is 0 Å². The van der Waals surface area contributed by atoms with E-state index in [1.807, 2.05) is 0 Å². The van der Waals surface area contributed by atoms with Gasteiger partial charge in [0.15, 0.2) is 0 Å². The minimum absolute atomic E-state index is 0.0386. The molecule has 0 aliphatic carbocycles. The maximum atomic E-state index is 12.3. The summed E-state index contributed by atoms with van der Waals surface area (Å²) in [6.07, 6.45) is 3.80. The zero-order chi connectivity index (χ0) is 18.8. The molecule has 3 saturated heterocycles. The summed E-state index contributed by atoms with van der Waals surface area (Å²) in [7, 11) is 0. The highest BCUT2D eigenvalue weighted by Crippen LogP contribution is 2.27. The Labute approximate surface area is 161 Å². The molecule has 0 aromatic heterocycles. The van der Waals surface area contributed by atoms with Gasteiger partial charge in [0.25, 0.3) is 5.91 Å². The van der Waals surface area contributed by atoms with Gasteiger partial charge in [0.2, 0.25) is 0 Å². The lowest BCUT2D eigenvalue weighted by atomic mass is 10.1. The highest BCUT2D eigenvalue weighted by Gasteiger charge is 2.46. The number of fused-ring (bicyclic) bond motifs is 1. The van der Waals surface area contributed by atoms with E-state index in [0.717, 1.165) is 65.0 Å². The Morgan fingerprint density at radius 1 is 1.07 bits per heavy atom. The van der Waals surface area contributed by atoms with Crippen LogP contribution in [0.25, 0.3) is 0 Å². The van der Waals surface area contributed by atoms with Crippen molar-refractivity contribution in [2.24, 2.45) is 0 Å². The molecule has 6 nitrogen and oxygen atoms in total. The third kappa shape index (κ3) is 3.68. The summed E-state index contributed by atoms with van der Waals surface area (Å²) in [5.41, 5.74) is 2.71. The van der Waals surface area contributed by atoms with Crippen LogP contribution in [0.5, 0.6) is 0 Å². The number of para-hydroxylation sites is 1. The molecule has 6 heteroatoms. The zero-order valence-corrected chi connectivity index (χ0v) is 16.3. The molecule has 146 valence electrons. The number of aryl methyl sites for hydroxylation is 1. The lowest BCUT2D eigenvalue weighted by molar-refractivity contribution is -0.900. The Balaban J connectivity index is 1.18. The number of quaternary nitrogens is 1. The Kier molecular flexibility index (Phi) is 5.34. The van der Waals surface area contributed by atoms with Crippen LogP contribution in [0.3, 0.4) is 0 Å². The van der Waals surface area contributed by atoms with Gasteiger partial charge in [-0.05, 0) is 44.2 Å². The van der Waals surface area contributed by atoms with Crippen LogP contribution in [-0.4, -0.2) is 73.6 Å². The molecule has 3 aliphatic heterocycles. The first-order chi connectivity index (χ1) is 13.1. The number of amides is 3. The number of nitrogens with one attached hydrogen (secondary N) is 1. The van der Waals surface area contributed by atoms with Crippen LogP contribution >= 0.6 is 0 Å². The molecular weight excluding hydrogens is 340 g/mol. The summed E-state index contributed by atoms with van der Waals surface area (Å²) in [4.78, 5) is 32.0. The number of carbonyl (C=O) groups excluding carboxylic acids is 2. The number of rotatable bonds is 6.